The molecule has 1 N–H and O–H groups in total. The van der Waals surface area contributed by atoms with E-state index in [9.17, 15) is 9.90 Å². The average Bonchev–Trinajstić information content (AvgIpc) is 3.59. The molecule has 4 aliphatic rings. The molecule has 0 amide bonds. The molecule has 0 aliphatic heterocycles. The van der Waals surface area contributed by atoms with Gasteiger partial charge in [0.05, 0.1) is 0 Å². The summed E-state index contributed by atoms with van der Waals surface area (Å²) >= 11 is 0. The maximum atomic E-state index is 11.2. The van der Waals surface area contributed by atoms with Gasteiger partial charge in [-0.2, -0.15) is 0 Å². The van der Waals surface area contributed by atoms with Crippen LogP contribution in [0.25, 0.3) is 0 Å². The van der Waals surface area contributed by atoms with E-state index in [1.807, 2.05) is 7.05 Å². The van der Waals surface area contributed by atoms with E-state index in [0.717, 1.165) is 54.8 Å². The normalized spacial score (nSPS) is 39.9. The highest BCUT2D eigenvalue weighted by Crippen LogP contribution is 2.64. The smallest absolute Gasteiger partial charge is 0.303 e. The van der Waals surface area contributed by atoms with Crippen LogP contribution in [0.1, 0.15) is 97.3 Å². The molecule has 3 fully saturated rings. The number of carboxylic acids is 1. The molecular weight excluding hydrogens is 370 g/mol. The van der Waals surface area contributed by atoms with Gasteiger partial charge in [-0.15, -0.1) is 0 Å². The second-order valence-electron chi connectivity index (χ2n) is 10.9. The number of hydrogen-bond donors (Lipinski definition) is 1. The SMILES string of the molecule is CCCC1C2C(C3CC3)CC3=CC(=NC)CCC3C2CC[C@]1(CC)CCCC(=O)O. The van der Waals surface area contributed by atoms with Gasteiger partial charge in [-0.05, 0) is 111 Å². The number of carbonyl (C=O) groups is 1. The lowest BCUT2D eigenvalue weighted by Crippen LogP contribution is -2.51. The molecule has 0 aromatic carbocycles. The third-order valence-electron chi connectivity index (χ3n) is 9.63. The molecule has 4 rings (SSSR count). The summed E-state index contributed by atoms with van der Waals surface area (Å²) in [5, 5.41) is 9.23. The van der Waals surface area contributed by atoms with E-state index >= 15 is 0 Å². The summed E-state index contributed by atoms with van der Waals surface area (Å²) in [7, 11) is 1.96. The Morgan fingerprint density at radius 3 is 2.63 bits per heavy atom. The minimum Gasteiger partial charge on any atom is -0.481 e. The molecule has 0 radical (unpaired) electrons. The molecule has 0 spiro atoms. The van der Waals surface area contributed by atoms with Crippen LogP contribution >= 0.6 is 0 Å². The fourth-order valence-electron chi connectivity index (χ4n) is 8.12. The molecule has 0 heterocycles. The van der Waals surface area contributed by atoms with E-state index in [4.69, 9.17) is 0 Å². The highest BCUT2D eigenvalue weighted by atomic mass is 16.4. The number of hydrogen-bond acceptors (Lipinski definition) is 2. The minimum absolute atomic E-state index is 0.343. The number of aliphatic carboxylic acids is 1. The van der Waals surface area contributed by atoms with Gasteiger partial charge < -0.3 is 5.11 Å². The number of nitrogens with zero attached hydrogens (tertiary/aromatic N) is 1. The van der Waals surface area contributed by atoms with Crippen LogP contribution in [0.2, 0.25) is 0 Å². The monoisotopic (exact) mass is 413 g/mol. The molecule has 3 heteroatoms. The maximum Gasteiger partial charge on any atom is 0.303 e. The highest BCUT2D eigenvalue weighted by molar-refractivity contribution is 5.96. The van der Waals surface area contributed by atoms with Crippen molar-refractivity contribution in [2.24, 2.45) is 45.9 Å². The van der Waals surface area contributed by atoms with Gasteiger partial charge in [0.15, 0.2) is 0 Å². The van der Waals surface area contributed by atoms with Crippen molar-refractivity contribution in [3.05, 3.63) is 11.6 Å². The lowest BCUT2D eigenvalue weighted by molar-refractivity contribution is -0.137. The third-order valence-corrected chi connectivity index (χ3v) is 9.63. The Bertz CT molecular complexity index is 691. The highest BCUT2D eigenvalue weighted by Gasteiger charge is 2.56. The Morgan fingerprint density at radius 1 is 1.20 bits per heavy atom. The Balaban J connectivity index is 1.65. The van der Waals surface area contributed by atoms with Crippen molar-refractivity contribution in [3.8, 4) is 0 Å². The quantitative estimate of drug-likeness (QED) is 0.469. The van der Waals surface area contributed by atoms with Crippen LogP contribution in [0.15, 0.2) is 16.6 Å². The summed E-state index contributed by atoms with van der Waals surface area (Å²) in [5.74, 6) is 4.53. The van der Waals surface area contributed by atoms with Gasteiger partial charge in [-0.3, -0.25) is 9.79 Å². The third kappa shape index (κ3) is 4.15. The number of aliphatic imine (C=N–C) groups is 1. The predicted octanol–water partition coefficient (Wildman–Crippen LogP) is 6.92. The molecule has 4 aliphatic carbocycles. The van der Waals surface area contributed by atoms with Crippen molar-refractivity contribution in [2.75, 3.05) is 7.05 Å². The second-order valence-corrected chi connectivity index (χ2v) is 10.9. The first kappa shape index (κ1) is 22.1. The van der Waals surface area contributed by atoms with Gasteiger partial charge >= 0.3 is 5.97 Å². The lowest BCUT2D eigenvalue weighted by Gasteiger charge is -2.59. The Kier molecular flexibility index (Phi) is 6.75. The maximum absolute atomic E-state index is 11.2. The molecule has 0 saturated heterocycles. The number of carboxylic acid groups (broad SMARTS) is 1. The molecule has 3 nitrogen and oxygen atoms in total. The molecule has 3 saturated carbocycles. The van der Waals surface area contributed by atoms with Crippen LogP contribution in [0.5, 0.6) is 0 Å². The largest absolute Gasteiger partial charge is 0.481 e. The number of rotatable bonds is 8. The minimum atomic E-state index is -0.624. The van der Waals surface area contributed by atoms with E-state index < -0.39 is 5.97 Å². The van der Waals surface area contributed by atoms with Crippen molar-refractivity contribution >= 4 is 11.7 Å². The number of allylic oxidation sites excluding steroid dienone is 2. The Hall–Kier alpha value is -1.12. The van der Waals surface area contributed by atoms with Gasteiger partial charge in [0, 0.05) is 19.2 Å². The van der Waals surface area contributed by atoms with Crippen molar-refractivity contribution < 1.29 is 9.90 Å². The van der Waals surface area contributed by atoms with Crippen molar-refractivity contribution in [1.29, 1.82) is 0 Å². The molecule has 6 atom stereocenters. The van der Waals surface area contributed by atoms with E-state index in [0.29, 0.717) is 11.8 Å². The average molecular weight is 414 g/mol. The lowest BCUT2D eigenvalue weighted by atomic mass is 9.46. The van der Waals surface area contributed by atoms with E-state index in [2.05, 4.69) is 24.9 Å². The summed E-state index contributed by atoms with van der Waals surface area (Å²) in [6, 6.07) is 0. The predicted molar refractivity (Wildman–Crippen MR) is 124 cm³/mol. The molecule has 168 valence electrons. The van der Waals surface area contributed by atoms with Crippen LogP contribution in [0.4, 0.5) is 0 Å². The van der Waals surface area contributed by atoms with Gasteiger partial charge in [0.2, 0.25) is 0 Å². The van der Waals surface area contributed by atoms with Crippen molar-refractivity contribution in [1.82, 2.24) is 0 Å². The van der Waals surface area contributed by atoms with Crippen molar-refractivity contribution in [3.63, 3.8) is 0 Å². The first-order chi connectivity index (χ1) is 14.5. The fourth-order valence-corrected chi connectivity index (χ4v) is 8.12. The molecule has 30 heavy (non-hydrogen) atoms. The van der Waals surface area contributed by atoms with Crippen LogP contribution in [-0.2, 0) is 4.79 Å². The van der Waals surface area contributed by atoms with Gasteiger partial charge in [0.25, 0.3) is 0 Å². The summed E-state index contributed by atoms with van der Waals surface area (Å²) in [4.78, 5) is 15.8. The molecule has 0 aromatic rings. The summed E-state index contributed by atoms with van der Waals surface area (Å²) in [5.41, 5.74) is 3.45. The molecule has 5 unspecified atom stereocenters. The van der Waals surface area contributed by atoms with Crippen LogP contribution in [-0.4, -0.2) is 23.8 Å². The van der Waals surface area contributed by atoms with E-state index in [1.54, 1.807) is 5.57 Å². The molecular formula is C27H43NO2. The topological polar surface area (TPSA) is 49.7 Å². The fraction of sp³-hybridized carbons (Fsp3) is 0.852. The van der Waals surface area contributed by atoms with Crippen LogP contribution in [0, 0.1) is 40.9 Å². The van der Waals surface area contributed by atoms with E-state index in [-0.39, 0.29) is 0 Å². The molecule has 0 aromatic heterocycles. The van der Waals surface area contributed by atoms with Crippen LogP contribution in [0.3, 0.4) is 0 Å². The van der Waals surface area contributed by atoms with Crippen LogP contribution < -0.4 is 0 Å². The van der Waals surface area contributed by atoms with Gasteiger partial charge in [0.1, 0.15) is 0 Å². The summed E-state index contributed by atoms with van der Waals surface area (Å²) in [6.07, 6.45) is 18.0. The van der Waals surface area contributed by atoms with E-state index in [1.165, 1.54) is 63.5 Å². The summed E-state index contributed by atoms with van der Waals surface area (Å²) in [6.45, 7) is 4.76. The van der Waals surface area contributed by atoms with Gasteiger partial charge in [-0.25, -0.2) is 0 Å². The second kappa shape index (κ2) is 9.17. The Labute approximate surface area is 183 Å². The first-order valence-electron chi connectivity index (χ1n) is 12.9. The Morgan fingerprint density at radius 2 is 2.00 bits per heavy atom. The molecule has 0 bridgehead atoms. The van der Waals surface area contributed by atoms with Gasteiger partial charge in [-0.1, -0.05) is 32.3 Å². The summed E-state index contributed by atoms with van der Waals surface area (Å²) < 4.78 is 0. The zero-order valence-corrected chi connectivity index (χ0v) is 19.5. The van der Waals surface area contributed by atoms with Crippen molar-refractivity contribution in [2.45, 2.75) is 97.3 Å². The number of fused-ring (bicyclic) bond motifs is 3. The zero-order valence-electron chi connectivity index (χ0n) is 19.5. The standard InChI is InChI=1S/C27H43NO2/c1-4-7-24-26-22(13-15-27(24,5-2)14-6-8-25(29)30)21-12-11-20(28-3)16-19(21)17-23(26)18-9-10-18/h16,18,21-24,26H,4-15,17H2,1-3H3,(H,29,30)/t21?,22?,23?,24?,26?,27-/m0/s1. The first-order valence-corrected chi connectivity index (χ1v) is 12.9. The zero-order chi connectivity index (χ0) is 21.3.